The molecule has 1 unspecified atom stereocenters. The van der Waals surface area contributed by atoms with Crippen LogP contribution in [-0.2, 0) is 4.79 Å². The van der Waals surface area contributed by atoms with Crippen LogP contribution < -0.4 is 9.47 Å². The highest BCUT2D eigenvalue weighted by molar-refractivity contribution is 9.10. The minimum absolute atomic E-state index is 0.0178. The highest BCUT2D eigenvalue weighted by Crippen LogP contribution is 2.33. The Hall–Kier alpha value is -2.66. The van der Waals surface area contributed by atoms with E-state index in [9.17, 15) is 9.90 Å². The van der Waals surface area contributed by atoms with E-state index in [1.165, 1.54) is 0 Å². The van der Waals surface area contributed by atoms with Gasteiger partial charge in [-0.2, -0.15) is 0 Å². The average molecular weight is 527 g/mol. The van der Waals surface area contributed by atoms with Crippen molar-refractivity contribution in [2.45, 2.75) is 57.3 Å². The van der Waals surface area contributed by atoms with Crippen molar-refractivity contribution < 1.29 is 23.9 Å². The second kappa shape index (κ2) is 9.86. The van der Waals surface area contributed by atoms with Gasteiger partial charge in [0.1, 0.15) is 11.9 Å². The maximum atomic E-state index is 11.3. The second-order valence-electron chi connectivity index (χ2n) is 7.43. The van der Waals surface area contributed by atoms with Crippen LogP contribution in [0.3, 0.4) is 0 Å². The Bertz CT molecular complexity index is 1080. The normalized spacial score (nSPS) is 19.5. The van der Waals surface area contributed by atoms with Crippen LogP contribution >= 0.6 is 27.5 Å². The molecule has 1 N–H and O–H groups in total. The number of aromatic nitrogens is 5. The number of carbonyl (C=O) groups is 1. The zero-order chi connectivity index (χ0) is 22.7. The molecule has 2 heterocycles. The van der Waals surface area contributed by atoms with Crippen molar-refractivity contribution in [2.75, 3.05) is 0 Å². The number of rotatable bonds is 8. The van der Waals surface area contributed by atoms with Gasteiger partial charge in [-0.1, -0.05) is 18.5 Å². The van der Waals surface area contributed by atoms with Gasteiger partial charge in [0, 0.05) is 5.02 Å². The first-order valence-electron chi connectivity index (χ1n) is 10.2. The molecule has 0 spiro atoms. The minimum atomic E-state index is -1.03. The van der Waals surface area contributed by atoms with Crippen LogP contribution in [0.25, 0.3) is 11.6 Å². The van der Waals surface area contributed by atoms with Crippen molar-refractivity contribution in [1.82, 2.24) is 25.4 Å². The summed E-state index contributed by atoms with van der Waals surface area (Å²) in [4.78, 5) is 12.3. The molecule has 170 valence electrons. The van der Waals surface area contributed by atoms with E-state index in [0.29, 0.717) is 17.3 Å². The molecule has 1 fully saturated rings. The molecule has 12 heteroatoms. The summed E-state index contributed by atoms with van der Waals surface area (Å²) < 4.78 is 18.2. The zero-order valence-electron chi connectivity index (χ0n) is 17.1. The van der Waals surface area contributed by atoms with Gasteiger partial charge in [-0.15, -0.1) is 15.0 Å². The Balaban J connectivity index is 1.32. The number of carboxylic acid groups (broad SMARTS) is 1. The fraction of sp³-hybridized carbons (Fsp3) is 0.450. The molecule has 0 radical (unpaired) electrons. The fourth-order valence-corrected chi connectivity index (χ4v) is 4.00. The predicted molar refractivity (Wildman–Crippen MR) is 117 cm³/mol. The summed E-state index contributed by atoms with van der Waals surface area (Å²) in [5.74, 6) is 0.436. The number of tetrazole rings is 1. The van der Waals surface area contributed by atoms with Crippen molar-refractivity contribution >= 4 is 33.5 Å². The summed E-state index contributed by atoms with van der Waals surface area (Å²) in [5, 5.41) is 25.5. The molecule has 1 atom stereocenters. The van der Waals surface area contributed by atoms with E-state index in [0.717, 1.165) is 40.7 Å². The molecule has 0 saturated heterocycles. The molecule has 10 nitrogen and oxygen atoms in total. The van der Waals surface area contributed by atoms with E-state index in [-0.39, 0.29) is 23.8 Å². The molecule has 1 aromatic carbocycles. The average Bonchev–Trinajstić information content (AvgIpc) is 3.42. The quantitative estimate of drug-likeness (QED) is 0.450. The third-order valence-electron chi connectivity index (χ3n) is 5.18. The van der Waals surface area contributed by atoms with Gasteiger partial charge in [0.15, 0.2) is 6.04 Å². The lowest BCUT2D eigenvalue weighted by Gasteiger charge is -2.29. The van der Waals surface area contributed by atoms with E-state index >= 15 is 0 Å². The summed E-state index contributed by atoms with van der Waals surface area (Å²) >= 11 is 9.54. The van der Waals surface area contributed by atoms with Gasteiger partial charge in [0.25, 0.3) is 5.88 Å². The second-order valence-corrected chi connectivity index (χ2v) is 8.73. The summed E-state index contributed by atoms with van der Waals surface area (Å²) in [5.41, 5.74) is 0. The van der Waals surface area contributed by atoms with Crippen LogP contribution in [-0.4, -0.2) is 48.6 Å². The number of hydrogen-bond donors (Lipinski definition) is 1. The molecular formula is C20H21BrClN5O5. The zero-order valence-corrected chi connectivity index (χ0v) is 19.5. The van der Waals surface area contributed by atoms with Gasteiger partial charge in [-0.05, 0) is 76.6 Å². The number of benzene rings is 1. The van der Waals surface area contributed by atoms with Crippen LogP contribution in [0.2, 0.25) is 5.02 Å². The third kappa shape index (κ3) is 5.21. The number of hydrogen-bond acceptors (Lipinski definition) is 8. The maximum Gasteiger partial charge on any atom is 0.330 e. The van der Waals surface area contributed by atoms with Gasteiger partial charge in [0.05, 0.1) is 16.6 Å². The van der Waals surface area contributed by atoms with Crippen molar-refractivity contribution in [1.29, 1.82) is 0 Å². The van der Waals surface area contributed by atoms with Gasteiger partial charge in [-0.25, -0.2) is 4.79 Å². The van der Waals surface area contributed by atoms with Crippen LogP contribution in [0.4, 0.5) is 0 Å². The Kier molecular flexibility index (Phi) is 6.95. The van der Waals surface area contributed by atoms with Crippen LogP contribution in [0, 0.1) is 0 Å². The molecular weight excluding hydrogens is 506 g/mol. The van der Waals surface area contributed by atoms with E-state index in [4.69, 9.17) is 25.6 Å². The first-order chi connectivity index (χ1) is 15.4. The molecule has 0 aliphatic heterocycles. The van der Waals surface area contributed by atoms with Gasteiger partial charge in [0.2, 0.25) is 11.6 Å². The number of halogens is 2. The molecule has 1 aliphatic rings. The summed E-state index contributed by atoms with van der Waals surface area (Å²) in [7, 11) is 0. The lowest BCUT2D eigenvalue weighted by Crippen LogP contribution is -2.30. The minimum Gasteiger partial charge on any atom is -0.489 e. The van der Waals surface area contributed by atoms with E-state index in [1.54, 1.807) is 25.1 Å². The smallest absolute Gasteiger partial charge is 0.330 e. The largest absolute Gasteiger partial charge is 0.489 e. The SMILES string of the molecule is CCC(C(=O)O)n1nnc(-c2cc(OC3CCC(Oc4cc(Cl)ccc4Br)CC3)no2)n1. The Morgan fingerprint density at radius 1 is 1.28 bits per heavy atom. The van der Waals surface area contributed by atoms with Crippen molar-refractivity contribution in [2.24, 2.45) is 0 Å². The Morgan fingerprint density at radius 2 is 2.00 bits per heavy atom. The number of aliphatic carboxylic acids is 1. The molecule has 3 aromatic rings. The third-order valence-corrected chi connectivity index (χ3v) is 6.07. The molecule has 0 bridgehead atoms. The maximum absolute atomic E-state index is 11.3. The monoisotopic (exact) mass is 525 g/mol. The first kappa shape index (κ1) is 22.5. The van der Waals surface area contributed by atoms with E-state index < -0.39 is 12.0 Å². The van der Waals surface area contributed by atoms with Crippen molar-refractivity contribution in [3.8, 4) is 23.2 Å². The van der Waals surface area contributed by atoms with Crippen LogP contribution in [0.5, 0.6) is 11.6 Å². The predicted octanol–water partition coefficient (Wildman–Crippen LogP) is 4.55. The Morgan fingerprint density at radius 3 is 2.69 bits per heavy atom. The van der Waals surface area contributed by atoms with E-state index in [1.807, 2.05) is 6.07 Å². The fourth-order valence-electron chi connectivity index (χ4n) is 3.50. The van der Waals surface area contributed by atoms with Crippen molar-refractivity contribution in [3.05, 3.63) is 33.8 Å². The number of carboxylic acids is 1. The molecule has 1 aliphatic carbocycles. The number of nitrogens with zero attached hydrogens (tertiary/aromatic N) is 5. The van der Waals surface area contributed by atoms with Crippen LogP contribution in [0.15, 0.2) is 33.3 Å². The summed E-state index contributed by atoms with van der Waals surface area (Å²) in [6.07, 6.45) is 3.66. The van der Waals surface area contributed by atoms with Crippen molar-refractivity contribution in [3.63, 3.8) is 0 Å². The molecule has 1 saturated carbocycles. The molecule has 2 aromatic heterocycles. The van der Waals surface area contributed by atoms with Gasteiger partial charge >= 0.3 is 5.97 Å². The lowest BCUT2D eigenvalue weighted by molar-refractivity contribution is -0.141. The highest BCUT2D eigenvalue weighted by Gasteiger charge is 2.26. The topological polar surface area (TPSA) is 125 Å². The molecule has 32 heavy (non-hydrogen) atoms. The molecule has 0 amide bonds. The Labute approximate surface area is 196 Å². The van der Waals surface area contributed by atoms with Gasteiger partial charge in [-0.3, -0.25) is 0 Å². The lowest BCUT2D eigenvalue weighted by atomic mass is 9.95. The summed E-state index contributed by atoms with van der Waals surface area (Å²) in [6, 6.07) is 6.16. The van der Waals surface area contributed by atoms with Crippen LogP contribution in [0.1, 0.15) is 45.1 Å². The molecule has 4 rings (SSSR count). The van der Waals surface area contributed by atoms with E-state index in [2.05, 4.69) is 36.5 Å². The summed E-state index contributed by atoms with van der Waals surface area (Å²) in [6.45, 7) is 1.73. The van der Waals surface area contributed by atoms with Gasteiger partial charge < -0.3 is 19.1 Å². The first-order valence-corrected chi connectivity index (χ1v) is 11.4. The standard InChI is InChI=1S/C20H21BrClN5O5/c1-2-15(20(28)29)27-24-19(23-26-27)17-10-18(25-32-17)31-13-6-4-12(5-7-13)30-16-9-11(22)3-8-14(16)21/h3,8-10,12-13,15H,2,4-7H2,1H3,(H,28,29). The number of ether oxygens (including phenoxy) is 2. The highest BCUT2D eigenvalue weighted by atomic mass is 79.9.